The molecule has 2 N–H and O–H groups in total. The Balaban J connectivity index is 0.00000300. The van der Waals surface area contributed by atoms with Crippen molar-refractivity contribution in [1.29, 1.82) is 0 Å². The van der Waals surface area contributed by atoms with Gasteiger partial charge in [-0.3, -0.25) is 4.99 Å². The molecule has 2 aromatic rings. The van der Waals surface area contributed by atoms with Gasteiger partial charge in [0.05, 0.1) is 7.11 Å². The minimum atomic E-state index is -0.0130. The second-order valence-electron chi connectivity index (χ2n) is 7.03. The molecule has 1 aliphatic rings. The van der Waals surface area contributed by atoms with Gasteiger partial charge in [-0.2, -0.15) is 0 Å². The van der Waals surface area contributed by atoms with E-state index in [2.05, 4.69) is 27.8 Å². The van der Waals surface area contributed by atoms with Gasteiger partial charge in [0.1, 0.15) is 5.75 Å². The number of aliphatic imine (C=N–C) groups is 1. The lowest BCUT2D eigenvalue weighted by molar-refractivity contribution is 0.0514. The molecule has 7 heteroatoms. The maximum Gasteiger partial charge on any atom is 0.191 e. The molecule has 0 aliphatic carbocycles. The predicted octanol–water partition coefficient (Wildman–Crippen LogP) is 4.38. The largest absolute Gasteiger partial charge is 0.497 e. The van der Waals surface area contributed by atoms with E-state index >= 15 is 0 Å². The lowest BCUT2D eigenvalue weighted by Gasteiger charge is -2.38. The third-order valence-electron chi connectivity index (χ3n) is 5.32. The zero-order valence-electron chi connectivity index (χ0n) is 16.9. The molecule has 0 unspecified atom stereocenters. The highest BCUT2D eigenvalue weighted by atomic mass is 127. The molecule has 0 aromatic heterocycles. The van der Waals surface area contributed by atoms with Crippen molar-refractivity contribution in [3.63, 3.8) is 0 Å². The van der Waals surface area contributed by atoms with Gasteiger partial charge >= 0.3 is 0 Å². The minimum absolute atomic E-state index is 0. The summed E-state index contributed by atoms with van der Waals surface area (Å²) in [5.74, 6) is 1.64. The van der Waals surface area contributed by atoms with Crippen LogP contribution in [0.4, 0.5) is 0 Å². The van der Waals surface area contributed by atoms with Crippen LogP contribution in [0.5, 0.6) is 5.75 Å². The summed E-state index contributed by atoms with van der Waals surface area (Å²) in [6, 6.07) is 16.2. The van der Waals surface area contributed by atoms with Crippen LogP contribution in [0.1, 0.15) is 24.0 Å². The van der Waals surface area contributed by atoms with Gasteiger partial charge in [-0.25, -0.2) is 0 Å². The van der Waals surface area contributed by atoms with Crippen LogP contribution in [0, 0.1) is 0 Å². The highest BCUT2D eigenvalue weighted by Crippen LogP contribution is 2.35. The Hall–Kier alpha value is -1.51. The number of methoxy groups -OCH3 is 1. The van der Waals surface area contributed by atoms with Crippen LogP contribution < -0.4 is 15.4 Å². The normalized spacial score (nSPS) is 15.9. The van der Waals surface area contributed by atoms with Crippen LogP contribution >= 0.6 is 35.6 Å². The summed E-state index contributed by atoms with van der Waals surface area (Å²) in [6.07, 6.45) is 1.91. The molecule has 2 aromatic carbocycles. The summed E-state index contributed by atoms with van der Waals surface area (Å²) in [7, 11) is 3.46. The molecular weight excluding hydrogens is 501 g/mol. The van der Waals surface area contributed by atoms with Crippen LogP contribution in [0.2, 0.25) is 5.02 Å². The molecule has 0 spiro atoms. The number of nitrogens with zero attached hydrogens (tertiary/aromatic N) is 1. The second-order valence-corrected chi connectivity index (χ2v) is 7.47. The van der Waals surface area contributed by atoms with Crippen LogP contribution in [0.25, 0.3) is 0 Å². The van der Waals surface area contributed by atoms with E-state index in [9.17, 15) is 0 Å². The third-order valence-corrected chi connectivity index (χ3v) is 5.56. The first-order chi connectivity index (χ1) is 13.6. The molecule has 1 heterocycles. The first kappa shape index (κ1) is 23.8. The second kappa shape index (κ2) is 11.6. The summed E-state index contributed by atoms with van der Waals surface area (Å²) in [5, 5.41) is 7.66. The molecule has 1 fully saturated rings. The summed E-state index contributed by atoms with van der Waals surface area (Å²) in [6.45, 7) is 2.98. The first-order valence-electron chi connectivity index (χ1n) is 9.56. The lowest BCUT2D eigenvalue weighted by Crippen LogP contribution is -2.47. The van der Waals surface area contributed by atoms with E-state index in [0.717, 1.165) is 49.3 Å². The van der Waals surface area contributed by atoms with Gasteiger partial charge in [-0.1, -0.05) is 35.9 Å². The maximum absolute atomic E-state index is 6.26. The number of hydrogen-bond acceptors (Lipinski definition) is 3. The lowest BCUT2D eigenvalue weighted by atomic mass is 9.74. The highest BCUT2D eigenvalue weighted by Gasteiger charge is 2.34. The molecule has 1 aliphatic heterocycles. The Bertz CT molecular complexity index is 793. The summed E-state index contributed by atoms with van der Waals surface area (Å²) >= 11 is 6.26. The van der Waals surface area contributed by atoms with Crippen molar-refractivity contribution in [3.05, 3.63) is 64.7 Å². The van der Waals surface area contributed by atoms with Gasteiger partial charge < -0.3 is 20.1 Å². The number of ether oxygens (including phenoxy) is 2. The number of hydrogen-bond donors (Lipinski definition) is 2. The van der Waals surface area contributed by atoms with Crippen molar-refractivity contribution < 1.29 is 9.47 Å². The fraction of sp³-hybridized carbons (Fsp3) is 0.409. The Labute approximate surface area is 195 Å². The average molecular weight is 530 g/mol. The third kappa shape index (κ3) is 6.49. The van der Waals surface area contributed by atoms with Crippen LogP contribution in [0.15, 0.2) is 53.5 Å². The number of nitrogens with one attached hydrogen (secondary N) is 2. The molecule has 0 atom stereocenters. The summed E-state index contributed by atoms with van der Waals surface area (Å²) in [5.41, 5.74) is 2.40. The number of guanidine groups is 1. The van der Waals surface area contributed by atoms with E-state index in [0.29, 0.717) is 6.54 Å². The standard InChI is InChI=1S/C22H28ClN3O2.HI/c1-24-21(25-15-17-6-8-20(27-2)9-7-17)26-16-22(10-12-28-13-11-22)18-4-3-5-19(23)14-18;/h3-9,14H,10-13,15-16H2,1-2H3,(H2,24,25,26);1H. The molecule has 0 bridgehead atoms. The van der Waals surface area contributed by atoms with Crippen molar-refractivity contribution in [2.24, 2.45) is 4.99 Å². The van der Waals surface area contributed by atoms with E-state index in [1.54, 1.807) is 14.2 Å². The zero-order valence-corrected chi connectivity index (χ0v) is 20.0. The van der Waals surface area contributed by atoms with E-state index in [4.69, 9.17) is 21.1 Å². The Morgan fingerprint density at radius 3 is 2.48 bits per heavy atom. The molecule has 0 amide bonds. The Kier molecular flexibility index (Phi) is 9.52. The van der Waals surface area contributed by atoms with Gasteiger partial charge in [-0.15, -0.1) is 24.0 Å². The minimum Gasteiger partial charge on any atom is -0.497 e. The smallest absolute Gasteiger partial charge is 0.191 e. The van der Waals surface area contributed by atoms with Gasteiger partial charge in [0.25, 0.3) is 0 Å². The maximum atomic E-state index is 6.26. The zero-order chi connectivity index (χ0) is 19.8. The summed E-state index contributed by atoms with van der Waals surface area (Å²) < 4.78 is 10.8. The van der Waals surface area contributed by atoms with Crippen molar-refractivity contribution >= 4 is 41.5 Å². The monoisotopic (exact) mass is 529 g/mol. The molecule has 29 heavy (non-hydrogen) atoms. The van der Waals surface area contributed by atoms with Crippen molar-refractivity contribution in [2.75, 3.05) is 33.9 Å². The molecule has 1 saturated heterocycles. The molecule has 158 valence electrons. The molecule has 3 rings (SSSR count). The number of rotatable bonds is 6. The summed E-state index contributed by atoms with van der Waals surface area (Å²) in [4.78, 5) is 4.38. The van der Waals surface area contributed by atoms with Gasteiger partial charge in [0.2, 0.25) is 0 Å². The Morgan fingerprint density at radius 2 is 1.86 bits per heavy atom. The van der Waals surface area contributed by atoms with Crippen LogP contribution in [0.3, 0.4) is 0 Å². The quantitative estimate of drug-likeness (QED) is 0.331. The van der Waals surface area contributed by atoms with Crippen molar-refractivity contribution in [3.8, 4) is 5.75 Å². The number of halogens is 2. The van der Waals surface area contributed by atoms with Crippen LogP contribution in [-0.2, 0) is 16.7 Å². The van der Waals surface area contributed by atoms with Crippen molar-refractivity contribution in [1.82, 2.24) is 10.6 Å². The molecule has 0 saturated carbocycles. The topological polar surface area (TPSA) is 54.9 Å². The van der Waals surface area contributed by atoms with Gasteiger partial charge in [0, 0.05) is 43.8 Å². The van der Waals surface area contributed by atoms with Gasteiger partial charge in [0.15, 0.2) is 5.96 Å². The molecular formula is C22H29ClIN3O2. The average Bonchev–Trinajstić information content (AvgIpc) is 2.75. The SMILES string of the molecule is CN=C(NCc1ccc(OC)cc1)NCC1(c2cccc(Cl)c2)CCOCC1.I. The highest BCUT2D eigenvalue weighted by molar-refractivity contribution is 14.0. The van der Waals surface area contributed by atoms with E-state index in [-0.39, 0.29) is 29.4 Å². The van der Waals surface area contributed by atoms with Gasteiger partial charge in [-0.05, 0) is 48.2 Å². The van der Waals surface area contributed by atoms with E-state index in [1.807, 2.05) is 36.4 Å². The molecule has 5 nitrogen and oxygen atoms in total. The Morgan fingerprint density at radius 1 is 1.14 bits per heavy atom. The predicted molar refractivity (Wildman–Crippen MR) is 130 cm³/mol. The van der Waals surface area contributed by atoms with E-state index in [1.165, 1.54) is 11.1 Å². The fourth-order valence-corrected chi connectivity index (χ4v) is 3.74. The number of benzene rings is 2. The fourth-order valence-electron chi connectivity index (χ4n) is 3.55. The van der Waals surface area contributed by atoms with E-state index < -0.39 is 0 Å². The first-order valence-corrected chi connectivity index (χ1v) is 9.94. The molecule has 0 radical (unpaired) electrons. The van der Waals surface area contributed by atoms with Crippen molar-refractivity contribution in [2.45, 2.75) is 24.8 Å². The van der Waals surface area contributed by atoms with Crippen LogP contribution in [-0.4, -0.2) is 39.9 Å².